The number of carbonyl (C=O) groups is 2. The molecule has 7 unspecified atom stereocenters. The van der Waals surface area contributed by atoms with Crippen molar-refractivity contribution in [1.29, 1.82) is 0 Å². The van der Waals surface area contributed by atoms with Gasteiger partial charge >= 0.3 is 0 Å². The minimum absolute atomic E-state index is 0.0663. The van der Waals surface area contributed by atoms with Gasteiger partial charge in [-0.05, 0) is 91.2 Å². The number of carbonyl (C=O) groups excluding carboxylic acids is 2. The van der Waals surface area contributed by atoms with Gasteiger partial charge in [0.05, 0.1) is 17.7 Å². The summed E-state index contributed by atoms with van der Waals surface area (Å²) in [5.41, 5.74) is 3.22. The second-order valence-electron chi connectivity index (χ2n) is 15.3. The molecule has 5 nitrogen and oxygen atoms in total. The normalized spacial score (nSPS) is 27.0. The quantitative estimate of drug-likeness (QED) is 0.152. The van der Waals surface area contributed by atoms with Gasteiger partial charge in [0.25, 0.3) is 0 Å². The fourth-order valence-electron chi connectivity index (χ4n) is 9.06. The topological polar surface area (TPSA) is 78.4 Å². The first kappa shape index (κ1) is 34.3. The molecule has 5 heteroatoms. The molecule has 0 aromatic heterocycles. The number of benzene rings is 1. The monoisotopic (exact) mass is 624 g/mol. The van der Waals surface area contributed by atoms with E-state index < -0.39 is 5.60 Å². The summed E-state index contributed by atoms with van der Waals surface area (Å²) in [7, 11) is 0. The zero-order valence-electron chi connectivity index (χ0n) is 28.6. The van der Waals surface area contributed by atoms with Crippen LogP contribution < -0.4 is 10.6 Å². The van der Waals surface area contributed by atoms with Crippen LogP contribution in [-0.4, -0.2) is 40.9 Å². The number of rotatable bonds is 18. The van der Waals surface area contributed by atoms with Crippen LogP contribution in [-0.2, 0) is 22.4 Å². The van der Waals surface area contributed by atoms with Gasteiger partial charge in [0, 0.05) is 30.5 Å². The minimum Gasteiger partial charge on any atom is -0.386 e. The van der Waals surface area contributed by atoms with Crippen LogP contribution in [0.3, 0.4) is 0 Å². The number of ketones is 2. The lowest BCUT2D eigenvalue weighted by molar-refractivity contribution is -0.135. The van der Waals surface area contributed by atoms with Crippen LogP contribution in [0.1, 0.15) is 77.3 Å². The van der Waals surface area contributed by atoms with Crippen LogP contribution in [0.2, 0.25) is 0 Å². The van der Waals surface area contributed by atoms with Crippen molar-refractivity contribution in [2.24, 2.45) is 40.9 Å². The molecule has 248 valence electrons. The third-order valence-electron chi connectivity index (χ3n) is 11.8. The van der Waals surface area contributed by atoms with Crippen LogP contribution >= 0.6 is 0 Å². The lowest BCUT2D eigenvalue weighted by atomic mass is 9.72. The molecule has 0 bridgehead atoms. The van der Waals surface area contributed by atoms with E-state index in [0.29, 0.717) is 31.7 Å². The highest BCUT2D eigenvalue weighted by molar-refractivity contribution is 5.94. The summed E-state index contributed by atoms with van der Waals surface area (Å²) in [5, 5.41) is 18.4. The van der Waals surface area contributed by atoms with E-state index in [2.05, 4.69) is 87.6 Å². The molecule has 0 spiro atoms. The van der Waals surface area contributed by atoms with Crippen LogP contribution in [0, 0.1) is 40.9 Å². The summed E-state index contributed by atoms with van der Waals surface area (Å²) in [6, 6.07) is 8.28. The van der Waals surface area contributed by atoms with Crippen LogP contribution in [0.25, 0.3) is 0 Å². The summed E-state index contributed by atoms with van der Waals surface area (Å²) in [6.45, 7) is 21.3. The lowest BCUT2D eigenvalue weighted by Crippen LogP contribution is -2.49. The molecular weight excluding hydrogens is 568 g/mol. The van der Waals surface area contributed by atoms with E-state index in [9.17, 15) is 14.7 Å². The second kappa shape index (κ2) is 14.0. The van der Waals surface area contributed by atoms with Crippen molar-refractivity contribution in [3.63, 3.8) is 0 Å². The van der Waals surface area contributed by atoms with E-state index in [1.807, 2.05) is 25.2 Å². The number of aliphatic hydroxyl groups is 1. The Balaban J connectivity index is 1.36. The first-order valence-corrected chi connectivity index (χ1v) is 17.6. The molecule has 3 N–H and O–H groups in total. The second-order valence-corrected chi connectivity index (χ2v) is 15.3. The fourth-order valence-corrected chi connectivity index (χ4v) is 9.06. The summed E-state index contributed by atoms with van der Waals surface area (Å²) in [6.07, 6.45) is 15.8. The Morgan fingerprint density at radius 2 is 1.78 bits per heavy atom. The van der Waals surface area contributed by atoms with Crippen LogP contribution in [0.5, 0.6) is 0 Å². The maximum Gasteiger partial charge on any atom is 0.153 e. The molecule has 4 aliphatic carbocycles. The molecular formula is C41H56N2O3. The van der Waals surface area contributed by atoms with Crippen molar-refractivity contribution in [3.05, 3.63) is 96.8 Å². The predicted octanol–water partition coefficient (Wildman–Crippen LogP) is 7.08. The standard InChI is InChI=1S/C41H56N2O3/c1-8-10-20-41(7,46)27(4)28(15-9-2)23-35(44)36-33(24-34-37(36)40(34,5)6)39(45)38(31-21-29-16-11-12-17-30(29)22-31)42-25-26(3)43-32-18-13-14-19-32/h8,11-14,16-19,28,31-34,36-38,42-43,46H,1,3-4,9-10,15,20-25H2,2,5-7H3. The van der Waals surface area contributed by atoms with Gasteiger partial charge in [-0.15, -0.1) is 6.58 Å². The third-order valence-corrected chi connectivity index (χ3v) is 11.8. The van der Waals surface area contributed by atoms with Crippen molar-refractivity contribution in [1.82, 2.24) is 10.6 Å². The summed E-state index contributed by atoms with van der Waals surface area (Å²) < 4.78 is 0. The Labute approximate surface area is 277 Å². The van der Waals surface area contributed by atoms with Crippen molar-refractivity contribution in [2.75, 3.05) is 6.54 Å². The first-order valence-electron chi connectivity index (χ1n) is 17.6. The summed E-state index contributed by atoms with van der Waals surface area (Å²) >= 11 is 0. The first-order chi connectivity index (χ1) is 21.9. The number of allylic oxidation sites excluding steroid dienone is 3. The smallest absolute Gasteiger partial charge is 0.153 e. The predicted molar refractivity (Wildman–Crippen MR) is 188 cm³/mol. The average Bonchev–Trinajstić information content (AvgIpc) is 3.59. The van der Waals surface area contributed by atoms with Gasteiger partial charge in [-0.25, -0.2) is 0 Å². The highest BCUT2D eigenvalue weighted by atomic mass is 16.3. The van der Waals surface area contributed by atoms with E-state index in [0.717, 1.165) is 43.4 Å². The van der Waals surface area contributed by atoms with E-state index in [4.69, 9.17) is 0 Å². The van der Waals surface area contributed by atoms with E-state index >= 15 is 0 Å². The number of nitrogens with one attached hydrogen (secondary N) is 2. The molecule has 7 atom stereocenters. The molecule has 1 aromatic rings. The van der Waals surface area contributed by atoms with Gasteiger partial charge in [0.2, 0.25) is 0 Å². The van der Waals surface area contributed by atoms with Gasteiger partial charge in [-0.2, -0.15) is 0 Å². The molecule has 1 aromatic carbocycles. The van der Waals surface area contributed by atoms with Crippen LogP contribution in [0.15, 0.2) is 85.7 Å². The molecule has 2 saturated carbocycles. The Bertz CT molecular complexity index is 1360. The van der Waals surface area contributed by atoms with E-state index in [1.165, 1.54) is 11.1 Å². The largest absolute Gasteiger partial charge is 0.386 e. The number of hydrogen-bond donors (Lipinski definition) is 3. The van der Waals surface area contributed by atoms with E-state index in [1.54, 1.807) is 0 Å². The fraction of sp³-hybridized carbons (Fsp3) is 0.561. The molecule has 5 rings (SSSR count). The maximum atomic E-state index is 14.8. The molecule has 46 heavy (non-hydrogen) atoms. The van der Waals surface area contributed by atoms with Crippen molar-refractivity contribution >= 4 is 11.6 Å². The molecule has 4 aliphatic rings. The van der Waals surface area contributed by atoms with E-state index in [-0.39, 0.29) is 58.7 Å². The van der Waals surface area contributed by atoms with Gasteiger partial charge in [0.15, 0.2) is 5.78 Å². The number of fused-ring (bicyclic) bond motifs is 2. The van der Waals surface area contributed by atoms with Gasteiger partial charge in [0.1, 0.15) is 5.78 Å². The molecule has 0 amide bonds. The van der Waals surface area contributed by atoms with Gasteiger partial charge < -0.3 is 15.7 Å². The molecule has 0 saturated heterocycles. The zero-order valence-corrected chi connectivity index (χ0v) is 28.6. The highest BCUT2D eigenvalue weighted by Crippen LogP contribution is 2.71. The molecule has 0 aliphatic heterocycles. The number of hydrogen-bond acceptors (Lipinski definition) is 5. The SMILES string of the molecule is C=CCCC(C)(O)C(=C)C(CCC)CC(=O)C1C(C(=O)C(NCC(=C)NC2C=CC=C2)C2Cc3ccccc3C2)CC2C1C2(C)C. The van der Waals surface area contributed by atoms with Crippen molar-refractivity contribution in [3.8, 4) is 0 Å². The Kier molecular flexibility index (Phi) is 10.4. The van der Waals surface area contributed by atoms with Gasteiger partial charge in [-0.1, -0.05) is 95.0 Å². The Morgan fingerprint density at radius 3 is 2.39 bits per heavy atom. The number of Topliss-reactive ketones (excluding diaryl/α,β-unsaturated/α-hetero) is 2. The maximum absolute atomic E-state index is 14.8. The van der Waals surface area contributed by atoms with Crippen molar-refractivity contribution in [2.45, 2.75) is 96.7 Å². The summed E-state index contributed by atoms with van der Waals surface area (Å²) in [5.74, 6) is 0.419. The molecule has 0 heterocycles. The van der Waals surface area contributed by atoms with Crippen LogP contribution in [0.4, 0.5) is 0 Å². The van der Waals surface area contributed by atoms with Gasteiger partial charge in [-0.3, -0.25) is 9.59 Å². The molecule has 0 radical (unpaired) electrons. The minimum atomic E-state index is -1.06. The highest BCUT2D eigenvalue weighted by Gasteiger charge is 2.69. The Hall–Kier alpha value is -3.02. The van der Waals surface area contributed by atoms with Crippen molar-refractivity contribution < 1.29 is 14.7 Å². The lowest BCUT2D eigenvalue weighted by Gasteiger charge is -2.34. The third kappa shape index (κ3) is 7.11. The molecule has 2 fully saturated rings. The Morgan fingerprint density at radius 1 is 1.13 bits per heavy atom. The summed E-state index contributed by atoms with van der Waals surface area (Å²) in [4.78, 5) is 29.3. The zero-order chi connectivity index (χ0) is 33.2. The average molecular weight is 625 g/mol.